The largest absolute Gasteiger partial charge is 0.447 e. The molecule has 0 spiro atoms. The number of nitrogens with zero attached hydrogens (tertiary/aromatic N) is 2. The van der Waals surface area contributed by atoms with Gasteiger partial charge in [-0.3, -0.25) is 0 Å². The Morgan fingerprint density at radius 2 is 2.10 bits per heavy atom. The van der Waals surface area contributed by atoms with Crippen molar-refractivity contribution in [2.24, 2.45) is 0 Å². The van der Waals surface area contributed by atoms with E-state index in [2.05, 4.69) is 41.4 Å². The monoisotopic (exact) mass is 294 g/mol. The van der Waals surface area contributed by atoms with Crippen LogP contribution >= 0.6 is 11.3 Å². The molecule has 0 bridgehead atoms. The Kier molecular flexibility index (Phi) is 4.39. The number of oxazole rings is 1. The Morgan fingerprint density at radius 3 is 2.70 bits per heavy atom. The van der Waals surface area contributed by atoms with Crippen LogP contribution in [0.4, 0.5) is 4.79 Å². The van der Waals surface area contributed by atoms with Crippen molar-refractivity contribution in [3.05, 3.63) is 34.4 Å². The third kappa shape index (κ3) is 4.06. The van der Waals surface area contributed by atoms with Crippen molar-refractivity contribution in [2.45, 2.75) is 39.3 Å². The average molecular weight is 294 g/mol. The van der Waals surface area contributed by atoms with Crippen LogP contribution < -0.4 is 10.6 Å². The molecule has 2 aromatic rings. The molecule has 2 amide bonds. The van der Waals surface area contributed by atoms with Gasteiger partial charge in [0.1, 0.15) is 11.3 Å². The highest BCUT2D eigenvalue weighted by Crippen LogP contribution is 2.20. The number of aromatic nitrogens is 2. The van der Waals surface area contributed by atoms with E-state index in [0.717, 1.165) is 10.7 Å². The van der Waals surface area contributed by atoms with E-state index in [9.17, 15) is 4.79 Å². The van der Waals surface area contributed by atoms with Gasteiger partial charge >= 0.3 is 6.03 Å². The zero-order valence-electron chi connectivity index (χ0n) is 11.8. The number of hydrogen-bond acceptors (Lipinski definition) is 5. The van der Waals surface area contributed by atoms with Gasteiger partial charge in [-0.15, -0.1) is 11.3 Å². The van der Waals surface area contributed by atoms with E-state index < -0.39 is 0 Å². The molecule has 108 valence electrons. The first-order chi connectivity index (χ1) is 9.45. The Morgan fingerprint density at radius 1 is 1.35 bits per heavy atom. The quantitative estimate of drug-likeness (QED) is 0.907. The van der Waals surface area contributed by atoms with Gasteiger partial charge in [-0.25, -0.2) is 14.8 Å². The smallest absolute Gasteiger partial charge is 0.315 e. The first kappa shape index (κ1) is 14.5. The summed E-state index contributed by atoms with van der Waals surface area (Å²) in [6, 6.07) is -0.268. The lowest BCUT2D eigenvalue weighted by Gasteiger charge is -2.13. The Hall–Kier alpha value is -1.89. The predicted molar refractivity (Wildman–Crippen MR) is 76.4 cm³/mol. The fourth-order valence-corrected chi connectivity index (χ4v) is 2.01. The van der Waals surface area contributed by atoms with Crippen LogP contribution in [0.2, 0.25) is 0 Å². The average Bonchev–Trinajstić information content (AvgIpc) is 3.04. The topological polar surface area (TPSA) is 80.0 Å². The lowest BCUT2D eigenvalue weighted by atomic mass is 9.93. The van der Waals surface area contributed by atoms with Gasteiger partial charge in [-0.2, -0.15) is 0 Å². The van der Waals surface area contributed by atoms with Crippen LogP contribution in [0.25, 0.3) is 0 Å². The summed E-state index contributed by atoms with van der Waals surface area (Å²) in [7, 11) is 0. The fourth-order valence-electron chi connectivity index (χ4n) is 1.45. The molecule has 0 atom stereocenters. The highest BCUT2D eigenvalue weighted by atomic mass is 32.1. The summed E-state index contributed by atoms with van der Waals surface area (Å²) < 4.78 is 5.33. The predicted octanol–water partition coefficient (Wildman–Crippen LogP) is 2.43. The number of hydrogen-bond donors (Lipinski definition) is 2. The Balaban J connectivity index is 1.77. The van der Waals surface area contributed by atoms with Crippen LogP contribution in [0.5, 0.6) is 0 Å². The van der Waals surface area contributed by atoms with E-state index in [1.807, 2.05) is 5.38 Å². The van der Waals surface area contributed by atoms with Gasteiger partial charge in [0, 0.05) is 17.0 Å². The molecule has 0 aromatic carbocycles. The van der Waals surface area contributed by atoms with Crippen LogP contribution in [0.1, 0.15) is 37.4 Å². The second-order valence-corrected chi connectivity index (χ2v) is 6.32. The van der Waals surface area contributed by atoms with Crippen molar-refractivity contribution in [1.82, 2.24) is 20.6 Å². The second-order valence-electron chi connectivity index (χ2n) is 5.34. The Bertz CT molecular complexity index is 557. The second kappa shape index (κ2) is 6.04. The van der Waals surface area contributed by atoms with Gasteiger partial charge in [0.25, 0.3) is 0 Å². The molecule has 0 aliphatic heterocycles. The summed E-state index contributed by atoms with van der Waals surface area (Å²) in [6.45, 7) is 6.86. The molecule has 0 aliphatic carbocycles. The molecule has 0 unspecified atom stereocenters. The Labute approximate surface area is 121 Å². The summed E-state index contributed by atoms with van der Waals surface area (Å²) in [6.07, 6.45) is 3.34. The van der Waals surface area contributed by atoms with Crippen molar-refractivity contribution < 1.29 is 9.21 Å². The van der Waals surface area contributed by atoms with Crippen molar-refractivity contribution in [3.63, 3.8) is 0 Å². The van der Waals surface area contributed by atoms with Crippen molar-refractivity contribution in [2.75, 3.05) is 0 Å². The van der Waals surface area contributed by atoms with Crippen molar-refractivity contribution >= 4 is 17.4 Å². The molecular formula is C13H18N4O2S. The summed E-state index contributed by atoms with van der Waals surface area (Å²) in [5.74, 6) is 0.499. The van der Waals surface area contributed by atoms with E-state index in [0.29, 0.717) is 12.4 Å². The number of nitrogens with one attached hydrogen (secondary N) is 2. The minimum atomic E-state index is -0.268. The zero-order valence-corrected chi connectivity index (χ0v) is 12.6. The van der Waals surface area contributed by atoms with Gasteiger partial charge in [0.15, 0.2) is 0 Å². The van der Waals surface area contributed by atoms with E-state index in [1.165, 1.54) is 11.3 Å². The number of amides is 2. The van der Waals surface area contributed by atoms with Crippen LogP contribution in [-0.4, -0.2) is 16.0 Å². The minimum absolute atomic E-state index is 0.0607. The summed E-state index contributed by atoms with van der Waals surface area (Å²) in [5, 5.41) is 8.16. The number of urea groups is 1. The normalized spacial score (nSPS) is 11.3. The molecular weight excluding hydrogens is 276 g/mol. The molecule has 0 saturated carbocycles. The third-order valence-corrected chi connectivity index (χ3v) is 3.38. The molecule has 0 fully saturated rings. The standard InChI is InChI=1S/C13H18N4O2S/c1-13(2,3)9-8-19-10(17-9)6-15-12(18)16-7-11-14-4-5-20-11/h4-5,8H,6-7H2,1-3H3,(H2,15,16,18). The summed E-state index contributed by atoms with van der Waals surface area (Å²) in [5.41, 5.74) is 0.812. The SMILES string of the molecule is CC(C)(C)c1coc(CNC(=O)NCc2nccs2)n1. The van der Waals surface area contributed by atoms with Gasteiger partial charge in [-0.1, -0.05) is 20.8 Å². The molecule has 20 heavy (non-hydrogen) atoms. The molecule has 0 aliphatic rings. The van der Waals surface area contributed by atoms with Crippen molar-refractivity contribution in [3.8, 4) is 0 Å². The molecule has 0 radical (unpaired) electrons. The molecule has 0 saturated heterocycles. The van der Waals surface area contributed by atoms with Crippen LogP contribution in [-0.2, 0) is 18.5 Å². The van der Waals surface area contributed by atoms with E-state index >= 15 is 0 Å². The zero-order chi connectivity index (χ0) is 14.6. The fraction of sp³-hybridized carbons (Fsp3) is 0.462. The molecule has 2 aromatic heterocycles. The van der Waals surface area contributed by atoms with Crippen LogP contribution in [0.3, 0.4) is 0 Å². The maximum Gasteiger partial charge on any atom is 0.315 e. The number of rotatable bonds is 4. The molecule has 2 rings (SSSR count). The number of thiazole rings is 1. The molecule has 6 nitrogen and oxygen atoms in total. The van der Waals surface area contributed by atoms with Crippen LogP contribution in [0.15, 0.2) is 22.3 Å². The maximum absolute atomic E-state index is 11.6. The third-order valence-electron chi connectivity index (χ3n) is 2.60. The van der Waals surface area contributed by atoms with Gasteiger partial charge in [-0.05, 0) is 0 Å². The minimum Gasteiger partial charge on any atom is -0.447 e. The molecule has 2 heterocycles. The highest BCUT2D eigenvalue weighted by Gasteiger charge is 2.18. The molecule has 2 N–H and O–H groups in total. The van der Waals surface area contributed by atoms with Crippen molar-refractivity contribution in [1.29, 1.82) is 0 Å². The first-order valence-corrected chi connectivity index (χ1v) is 7.18. The summed E-state index contributed by atoms with van der Waals surface area (Å²) >= 11 is 1.50. The number of carbonyl (C=O) groups is 1. The van der Waals surface area contributed by atoms with E-state index in [4.69, 9.17) is 4.42 Å². The van der Waals surface area contributed by atoms with Gasteiger partial charge < -0.3 is 15.1 Å². The van der Waals surface area contributed by atoms with E-state index in [1.54, 1.807) is 12.5 Å². The van der Waals surface area contributed by atoms with E-state index in [-0.39, 0.29) is 18.0 Å². The van der Waals surface area contributed by atoms with Gasteiger partial charge in [0.2, 0.25) is 5.89 Å². The highest BCUT2D eigenvalue weighted by molar-refractivity contribution is 7.09. The number of carbonyl (C=O) groups excluding carboxylic acids is 1. The first-order valence-electron chi connectivity index (χ1n) is 6.30. The summed E-state index contributed by atoms with van der Waals surface area (Å²) in [4.78, 5) is 20.0. The van der Waals surface area contributed by atoms with Crippen LogP contribution in [0, 0.1) is 0 Å². The maximum atomic E-state index is 11.6. The lowest BCUT2D eigenvalue weighted by molar-refractivity contribution is 0.239. The lowest BCUT2D eigenvalue weighted by Crippen LogP contribution is -2.34. The van der Waals surface area contributed by atoms with Gasteiger partial charge in [0.05, 0.1) is 18.8 Å². The molecule has 7 heteroatoms.